The minimum absolute atomic E-state index is 0.00680. The SMILES string of the molecule is CCC1C(=O)C(CC)C(C)C(C(=O)OC)C1=O. The molecule has 0 aliphatic heterocycles. The predicted molar refractivity (Wildman–Crippen MR) is 62.2 cm³/mol. The quantitative estimate of drug-likeness (QED) is 0.555. The van der Waals surface area contributed by atoms with Gasteiger partial charge in [0.25, 0.3) is 0 Å². The second-order valence-electron chi connectivity index (χ2n) is 4.64. The molecule has 1 fully saturated rings. The number of hydrogen-bond donors (Lipinski definition) is 0. The number of hydrogen-bond acceptors (Lipinski definition) is 4. The van der Waals surface area contributed by atoms with Crippen molar-refractivity contribution in [1.29, 1.82) is 0 Å². The molecule has 0 heterocycles. The lowest BCUT2D eigenvalue weighted by Gasteiger charge is -2.35. The zero-order valence-corrected chi connectivity index (χ0v) is 10.9. The zero-order valence-electron chi connectivity index (χ0n) is 10.9. The Labute approximate surface area is 102 Å². The molecule has 1 aliphatic carbocycles. The highest BCUT2D eigenvalue weighted by molar-refractivity contribution is 6.13. The fourth-order valence-electron chi connectivity index (χ4n) is 2.80. The summed E-state index contributed by atoms with van der Waals surface area (Å²) in [7, 11) is 1.28. The van der Waals surface area contributed by atoms with Crippen LogP contribution in [-0.4, -0.2) is 24.6 Å². The first kappa shape index (κ1) is 13.9. The van der Waals surface area contributed by atoms with E-state index in [4.69, 9.17) is 0 Å². The van der Waals surface area contributed by atoms with Gasteiger partial charge in [-0.3, -0.25) is 14.4 Å². The number of ketones is 2. The molecule has 0 spiro atoms. The largest absolute Gasteiger partial charge is 0.468 e. The van der Waals surface area contributed by atoms with E-state index in [1.807, 2.05) is 6.92 Å². The number of esters is 1. The lowest BCUT2D eigenvalue weighted by Crippen LogP contribution is -2.49. The van der Waals surface area contributed by atoms with Crippen LogP contribution < -0.4 is 0 Å². The molecule has 0 saturated heterocycles. The van der Waals surface area contributed by atoms with Crippen molar-refractivity contribution in [3.63, 3.8) is 0 Å². The molecule has 1 aliphatic rings. The van der Waals surface area contributed by atoms with Gasteiger partial charge < -0.3 is 4.74 Å². The molecule has 0 radical (unpaired) electrons. The number of methoxy groups -OCH3 is 1. The van der Waals surface area contributed by atoms with Crippen molar-refractivity contribution in [2.45, 2.75) is 33.6 Å². The molecular weight excluding hydrogens is 220 g/mol. The van der Waals surface area contributed by atoms with Gasteiger partial charge in [-0.25, -0.2) is 0 Å². The van der Waals surface area contributed by atoms with E-state index in [0.29, 0.717) is 12.8 Å². The van der Waals surface area contributed by atoms with Crippen LogP contribution in [0.5, 0.6) is 0 Å². The summed E-state index contributed by atoms with van der Waals surface area (Å²) < 4.78 is 4.68. The van der Waals surface area contributed by atoms with Gasteiger partial charge in [0, 0.05) is 5.92 Å². The lowest BCUT2D eigenvalue weighted by atomic mass is 9.65. The van der Waals surface area contributed by atoms with Gasteiger partial charge in [0.05, 0.1) is 13.0 Å². The van der Waals surface area contributed by atoms with Crippen molar-refractivity contribution in [1.82, 2.24) is 0 Å². The van der Waals surface area contributed by atoms with Gasteiger partial charge >= 0.3 is 5.97 Å². The first-order valence-corrected chi connectivity index (χ1v) is 6.14. The monoisotopic (exact) mass is 240 g/mol. The number of ether oxygens (including phenoxy) is 1. The summed E-state index contributed by atoms with van der Waals surface area (Å²) in [5.41, 5.74) is 0. The van der Waals surface area contributed by atoms with Crippen molar-refractivity contribution in [2.75, 3.05) is 7.11 Å². The van der Waals surface area contributed by atoms with Crippen LogP contribution in [-0.2, 0) is 19.1 Å². The highest BCUT2D eigenvalue weighted by Gasteiger charge is 2.49. The summed E-state index contributed by atoms with van der Waals surface area (Å²) >= 11 is 0. The van der Waals surface area contributed by atoms with Gasteiger partial charge in [0.15, 0.2) is 5.78 Å². The maximum Gasteiger partial charge on any atom is 0.316 e. The lowest BCUT2D eigenvalue weighted by molar-refractivity contribution is -0.159. The molecule has 0 amide bonds. The summed E-state index contributed by atoms with van der Waals surface area (Å²) in [6.45, 7) is 5.50. The molecule has 1 saturated carbocycles. The minimum atomic E-state index is -0.771. The minimum Gasteiger partial charge on any atom is -0.468 e. The molecule has 0 bridgehead atoms. The summed E-state index contributed by atoms with van der Waals surface area (Å²) in [6, 6.07) is 0. The molecule has 4 nitrogen and oxygen atoms in total. The van der Waals surface area contributed by atoms with Crippen LogP contribution in [0.2, 0.25) is 0 Å². The van der Waals surface area contributed by atoms with Crippen LogP contribution in [0.25, 0.3) is 0 Å². The molecular formula is C13H20O4. The van der Waals surface area contributed by atoms with E-state index >= 15 is 0 Å². The van der Waals surface area contributed by atoms with Crippen LogP contribution in [0.4, 0.5) is 0 Å². The van der Waals surface area contributed by atoms with Crippen molar-refractivity contribution >= 4 is 17.5 Å². The van der Waals surface area contributed by atoms with E-state index in [1.165, 1.54) is 7.11 Å². The van der Waals surface area contributed by atoms with Gasteiger partial charge in [-0.1, -0.05) is 20.8 Å². The summed E-state index contributed by atoms with van der Waals surface area (Å²) in [4.78, 5) is 35.9. The first-order chi connectivity index (χ1) is 7.99. The van der Waals surface area contributed by atoms with E-state index in [2.05, 4.69) is 4.74 Å². The van der Waals surface area contributed by atoms with E-state index < -0.39 is 17.8 Å². The Morgan fingerprint density at radius 3 is 2.18 bits per heavy atom. The molecule has 0 aromatic rings. The van der Waals surface area contributed by atoms with E-state index in [9.17, 15) is 14.4 Å². The third kappa shape index (κ3) is 2.26. The molecule has 4 unspecified atom stereocenters. The van der Waals surface area contributed by atoms with Gasteiger partial charge in [0.2, 0.25) is 0 Å². The van der Waals surface area contributed by atoms with Crippen LogP contribution >= 0.6 is 0 Å². The fraction of sp³-hybridized carbons (Fsp3) is 0.769. The van der Waals surface area contributed by atoms with E-state index in [1.54, 1.807) is 13.8 Å². The molecule has 4 atom stereocenters. The standard InChI is InChI=1S/C13H20O4/c1-5-8-7(3)10(13(16)17-4)12(15)9(6-2)11(8)14/h7-10H,5-6H2,1-4H3. The second kappa shape index (κ2) is 5.43. The van der Waals surface area contributed by atoms with Crippen LogP contribution in [0, 0.1) is 23.7 Å². The molecule has 96 valence electrons. The van der Waals surface area contributed by atoms with Crippen molar-refractivity contribution in [3.05, 3.63) is 0 Å². The Balaban J connectivity index is 3.09. The number of rotatable bonds is 3. The third-order valence-electron chi connectivity index (χ3n) is 3.82. The van der Waals surface area contributed by atoms with Gasteiger partial charge in [-0.15, -0.1) is 0 Å². The number of carbonyl (C=O) groups excluding carboxylic acids is 3. The fourth-order valence-corrected chi connectivity index (χ4v) is 2.80. The Hall–Kier alpha value is -1.19. The average molecular weight is 240 g/mol. The second-order valence-corrected chi connectivity index (χ2v) is 4.64. The summed E-state index contributed by atoms with van der Waals surface area (Å²) in [6.07, 6.45) is 1.13. The highest BCUT2D eigenvalue weighted by atomic mass is 16.5. The van der Waals surface area contributed by atoms with Gasteiger partial charge in [-0.2, -0.15) is 0 Å². The van der Waals surface area contributed by atoms with Gasteiger partial charge in [0.1, 0.15) is 11.7 Å². The van der Waals surface area contributed by atoms with Crippen molar-refractivity contribution < 1.29 is 19.1 Å². The first-order valence-electron chi connectivity index (χ1n) is 6.14. The Morgan fingerprint density at radius 1 is 1.18 bits per heavy atom. The van der Waals surface area contributed by atoms with Crippen molar-refractivity contribution in [3.8, 4) is 0 Å². The van der Waals surface area contributed by atoms with Gasteiger partial charge in [-0.05, 0) is 18.8 Å². The topological polar surface area (TPSA) is 60.4 Å². The summed E-state index contributed by atoms with van der Waals surface area (Å²) in [5.74, 6) is -2.63. The Morgan fingerprint density at radius 2 is 1.76 bits per heavy atom. The Kier molecular flexibility index (Phi) is 4.43. The molecule has 1 rings (SSSR count). The molecule has 0 aromatic heterocycles. The van der Waals surface area contributed by atoms with E-state index in [0.717, 1.165) is 0 Å². The Bertz CT molecular complexity index is 334. The van der Waals surface area contributed by atoms with Crippen molar-refractivity contribution in [2.24, 2.45) is 23.7 Å². The van der Waals surface area contributed by atoms with Crippen LogP contribution in [0.1, 0.15) is 33.6 Å². The predicted octanol–water partition coefficient (Wildman–Crippen LogP) is 1.62. The van der Waals surface area contributed by atoms with Crippen LogP contribution in [0.15, 0.2) is 0 Å². The maximum absolute atomic E-state index is 12.1. The normalized spacial score (nSPS) is 33.6. The summed E-state index contributed by atoms with van der Waals surface area (Å²) in [5, 5.41) is 0. The highest BCUT2D eigenvalue weighted by Crippen LogP contribution is 2.36. The maximum atomic E-state index is 12.1. The smallest absolute Gasteiger partial charge is 0.316 e. The molecule has 17 heavy (non-hydrogen) atoms. The third-order valence-corrected chi connectivity index (χ3v) is 3.82. The molecule has 4 heteroatoms. The molecule has 0 N–H and O–H groups in total. The molecule has 0 aromatic carbocycles. The number of Topliss-reactive ketones (excluding diaryl/α,β-unsaturated/α-hetero) is 2. The number of carbonyl (C=O) groups is 3. The average Bonchev–Trinajstić information content (AvgIpc) is 2.29. The van der Waals surface area contributed by atoms with Crippen LogP contribution in [0.3, 0.4) is 0 Å². The van der Waals surface area contributed by atoms with E-state index in [-0.39, 0.29) is 23.4 Å². The zero-order chi connectivity index (χ0) is 13.2.